The van der Waals surface area contributed by atoms with Crippen LogP contribution >= 0.6 is 0 Å². The van der Waals surface area contributed by atoms with Crippen molar-refractivity contribution in [2.75, 3.05) is 33.0 Å². The number of aliphatic carboxylic acids is 1. The van der Waals surface area contributed by atoms with Crippen molar-refractivity contribution in [1.29, 1.82) is 0 Å². The Morgan fingerprint density at radius 2 is 1.46 bits per heavy atom. The van der Waals surface area contributed by atoms with Gasteiger partial charge in [0.25, 0.3) is 0 Å². The second-order valence-electron chi connectivity index (χ2n) is 9.96. The number of ether oxygens (including phenoxy) is 5. The van der Waals surface area contributed by atoms with Gasteiger partial charge in [0.1, 0.15) is 42.7 Å². The van der Waals surface area contributed by atoms with Gasteiger partial charge in [-0.2, -0.15) is 8.42 Å². The Balaban J connectivity index is 1.63. The average Bonchev–Trinajstić information content (AvgIpc) is 2.89. The van der Waals surface area contributed by atoms with Gasteiger partial charge >= 0.3 is 16.4 Å². The van der Waals surface area contributed by atoms with Gasteiger partial charge < -0.3 is 64.5 Å². The van der Waals surface area contributed by atoms with Gasteiger partial charge in [-0.15, -0.1) is 0 Å². The second kappa shape index (κ2) is 14.3. The zero-order valence-electron chi connectivity index (χ0n) is 21.7. The molecule has 0 amide bonds. The van der Waals surface area contributed by atoms with Crippen molar-refractivity contribution < 1.29 is 86.5 Å². The lowest BCUT2D eigenvalue weighted by Crippen LogP contribution is -2.59. The number of aliphatic hydroxyl groups is 7. The fourth-order valence-corrected chi connectivity index (χ4v) is 5.34. The molecule has 11 unspecified atom stereocenters. The zero-order chi connectivity index (χ0) is 30.6. The molecule has 3 heterocycles. The maximum absolute atomic E-state index is 11.2. The molecule has 9 N–H and O–H groups in total. The van der Waals surface area contributed by atoms with Gasteiger partial charge in [-0.3, -0.25) is 4.55 Å². The number of hydrogen-bond acceptors (Lipinski definition) is 16. The van der Waals surface area contributed by atoms with E-state index in [2.05, 4.69) is 4.18 Å². The Hall–Kier alpha value is -1.56. The van der Waals surface area contributed by atoms with Crippen LogP contribution in [-0.2, 0) is 43.1 Å². The molecule has 238 valence electrons. The summed E-state index contributed by atoms with van der Waals surface area (Å²) < 4.78 is 62.5. The third-order valence-corrected chi connectivity index (χ3v) is 7.58. The molecule has 0 radical (unpaired) electrons. The molecule has 0 aromatic carbocycles. The number of hydrogen-bond donors (Lipinski definition) is 9. The lowest BCUT2D eigenvalue weighted by Gasteiger charge is -2.43. The smallest absolute Gasteiger partial charge is 0.397 e. The normalized spacial score (nSPS) is 41.9. The Kier molecular flexibility index (Phi) is 11.8. The van der Waals surface area contributed by atoms with Crippen LogP contribution in [-0.4, -0.2) is 160 Å². The first kappa shape index (κ1) is 33.9. The average molecular weight is 621 g/mol. The Bertz CT molecular complexity index is 1010. The van der Waals surface area contributed by atoms with Crippen LogP contribution < -0.4 is 0 Å². The summed E-state index contributed by atoms with van der Waals surface area (Å²) in [6, 6.07) is 0. The van der Waals surface area contributed by atoms with Crippen LogP contribution in [0.25, 0.3) is 0 Å². The predicted molar refractivity (Wildman–Crippen MR) is 128 cm³/mol. The third-order valence-electron chi connectivity index (χ3n) is 7.11. The third kappa shape index (κ3) is 8.51. The molecule has 19 heteroatoms. The van der Waals surface area contributed by atoms with Crippen molar-refractivity contribution >= 4 is 16.4 Å². The zero-order valence-corrected chi connectivity index (χ0v) is 22.5. The molecule has 13 atom stereocenters. The molecular weight excluding hydrogens is 584 g/mol. The van der Waals surface area contributed by atoms with Gasteiger partial charge in [0, 0.05) is 11.8 Å². The van der Waals surface area contributed by atoms with Gasteiger partial charge in [-0.1, -0.05) is 0 Å². The Labute approximate surface area is 234 Å². The first-order chi connectivity index (χ1) is 19.1. The molecule has 3 rings (SSSR count). The molecule has 18 nitrogen and oxygen atoms in total. The monoisotopic (exact) mass is 620 g/mol. The lowest BCUT2D eigenvalue weighted by atomic mass is 9.83. The van der Waals surface area contributed by atoms with Gasteiger partial charge in [-0.05, 0) is 13.0 Å². The minimum Gasteiger partial charge on any atom is -0.478 e. The van der Waals surface area contributed by atoms with Gasteiger partial charge in [0.2, 0.25) is 5.76 Å². The standard InChI is InChI=1S/C22H36O18S/c1-8-16(25)20(40-41(32,33)34)19(28)15(37-8)7-35-4-9-10(22(31)39-13(3-23)17(9)26)5-36-6-14-18(27)11(24)2-12(38-14)21(29)30/h2,8-11,13-20,22-28,31H,3-7H2,1H3,(H,29,30)(H,32,33,34)/t8?,9?,10?,11?,13?,14?,15?,16-,17+,18?,19?,20?,22?/m1/s1. The first-order valence-electron chi connectivity index (χ1n) is 12.6. The number of aliphatic hydroxyl groups excluding tert-OH is 7. The fourth-order valence-electron chi connectivity index (χ4n) is 4.83. The lowest BCUT2D eigenvalue weighted by molar-refractivity contribution is -0.273. The summed E-state index contributed by atoms with van der Waals surface area (Å²) in [6.45, 7) is -0.853. The molecular formula is C22H36O18S. The van der Waals surface area contributed by atoms with Crippen LogP contribution in [0.4, 0.5) is 0 Å². The summed E-state index contributed by atoms with van der Waals surface area (Å²) in [4.78, 5) is 11.2. The largest absolute Gasteiger partial charge is 0.478 e. The van der Waals surface area contributed by atoms with E-state index in [1.165, 1.54) is 6.92 Å². The summed E-state index contributed by atoms with van der Waals surface area (Å²) in [7, 11) is -5.03. The summed E-state index contributed by atoms with van der Waals surface area (Å²) in [6.07, 6.45) is -15.2. The molecule has 3 aliphatic heterocycles. The topological polar surface area (TPSA) is 289 Å². The van der Waals surface area contributed by atoms with Crippen LogP contribution in [0, 0.1) is 11.8 Å². The quantitative estimate of drug-likeness (QED) is 0.0924. The van der Waals surface area contributed by atoms with Crippen molar-refractivity contribution in [3.05, 3.63) is 11.8 Å². The summed E-state index contributed by atoms with van der Waals surface area (Å²) in [5, 5.41) is 80.5. The van der Waals surface area contributed by atoms with Crippen molar-refractivity contribution in [1.82, 2.24) is 0 Å². The van der Waals surface area contributed by atoms with Gasteiger partial charge in [0.15, 0.2) is 12.4 Å². The van der Waals surface area contributed by atoms with E-state index in [0.717, 1.165) is 6.08 Å². The van der Waals surface area contributed by atoms with Crippen molar-refractivity contribution in [2.45, 2.75) is 74.3 Å². The number of rotatable bonds is 12. The maximum Gasteiger partial charge on any atom is 0.397 e. The van der Waals surface area contributed by atoms with E-state index < -0.39 is 121 Å². The van der Waals surface area contributed by atoms with E-state index in [9.17, 15) is 49.0 Å². The van der Waals surface area contributed by atoms with Crippen LogP contribution in [0.2, 0.25) is 0 Å². The minimum atomic E-state index is -5.03. The Morgan fingerprint density at radius 3 is 2.05 bits per heavy atom. The highest BCUT2D eigenvalue weighted by molar-refractivity contribution is 7.80. The molecule has 0 aromatic heterocycles. The van der Waals surface area contributed by atoms with Gasteiger partial charge in [-0.25, -0.2) is 8.98 Å². The van der Waals surface area contributed by atoms with E-state index in [4.69, 9.17) is 33.3 Å². The highest BCUT2D eigenvalue weighted by atomic mass is 32.3. The molecule has 0 aliphatic carbocycles. The van der Waals surface area contributed by atoms with E-state index >= 15 is 0 Å². The summed E-state index contributed by atoms with van der Waals surface area (Å²) in [5.74, 6) is -4.05. The predicted octanol–water partition coefficient (Wildman–Crippen LogP) is -4.89. The van der Waals surface area contributed by atoms with Crippen LogP contribution in [0.1, 0.15) is 6.92 Å². The van der Waals surface area contributed by atoms with Crippen LogP contribution in [0.3, 0.4) is 0 Å². The van der Waals surface area contributed by atoms with E-state index in [1.807, 2.05) is 0 Å². The Morgan fingerprint density at radius 1 is 0.854 bits per heavy atom. The molecule has 2 fully saturated rings. The number of carbonyl (C=O) groups is 1. The van der Waals surface area contributed by atoms with E-state index in [-0.39, 0.29) is 13.2 Å². The molecule has 2 saturated heterocycles. The van der Waals surface area contributed by atoms with Crippen molar-refractivity contribution in [3.8, 4) is 0 Å². The summed E-state index contributed by atoms with van der Waals surface area (Å²) in [5.41, 5.74) is 0. The highest BCUT2D eigenvalue weighted by Crippen LogP contribution is 2.32. The first-order valence-corrected chi connectivity index (χ1v) is 13.9. The van der Waals surface area contributed by atoms with E-state index in [1.54, 1.807) is 0 Å². The van der Waals surface area contributed by atoms with E-state index in [0.29, 0.717) is 0 Å². The molecule has 0 aromatic rings. The number of carboxylic acids is 1. The molecule has 0 bridgehead atoms. The molecule has 41 heavy (non-hydrogen) atoms. The maximum atomic E-state index is 11.2. The second-order valence-corrected chi connectivity index (χ2v) is 11.0. The van der Waals surface area contributed by atoms with Crippen molar-refractivity contribution in [3.63, 3.8) is 0 Å². The van der Waals surface area contributed by atoms with Crippen LogP contribution in [0.5, 0.6) is 0 Å². The number of carboxylic acid groups (broad SMARTS) is 1. The molecule has 0 saturated carbocycles. The van der Waals surface area contributed by atoms with Gasteiger partial charge in [0.05, 0.1) is 45.2 Å². The highest BCUT2D eigenvalue weighted by Gasteiger charge is 2.47. The SMILES string of the molecule is CC1OC(COCC2C(COCC3OC(C(=O)O)=CC(O)C3O)C(O)OC(CO)[C@H]2O)C(O)C(OS(=O)(=O)O)[C@@H]1O. The fraction of sp³-hybridized carbons (Fsp3) is 0.864. The molecule has 3 aliphatic rings. The van der Waals surface area contributed by atoms with Crippen molar-refractivity contribution in [2.24, 2.45) is 11.8 Å². The minimum absolute atomic E-state index is 0.341. The molecule has 0 spiro atoms. The van der Waals surface area contributed by atoms with Crippen LogP contribution in [0.15, 0.2) is 11.8 Å². The summed E-state index contributed by atoms with van der Waals surface area (Å²) >= 11 is 0.